The third-order valence-corrected chi connectivity index (χ3v) is 3.51. The lowest BCUT2D eigenvalue weighted by Crippen LogP contribution is -2.09. The Labute approximate surface area is 126 Å². The maximum absolute atomic E-state index is 12.5. The maximum atomic E-state index is 12.5. The number of ketones is 1. The average molecular weight is 282 g/mol. The molecule has 0 atom stereocenters. The molecule has 2 heteroatoms. The van der Waals surface area contributed by atoms with Crippen molar-refractivity contribution >= 4 is 5.78 Å². The van der Waals surface area contributed by atoms with E-state index in [1.807, 2.05) is 70.2 Å². The Hall–Kier alpha value is -2.09. The number of carbonyl (C=O) groups excluding carboxylic acids is 1. The van der Waals surface area contributed by atoms with Gasteiger partial charge in [-0.2, -0.15) is 0 Å². The minimum atomic E-state index is 0.106. The summed E-state index contributed by atoms with van der Waals surface area (Å²) in [6.45, 7) is 8.05. The van der Waals surface area contributed by atoms with E-state index in [-0.39, 0.29) is 11.9 Å². The number of ether oxygens (including phenoxy) is 1. The highest BCUT2D eigenvalue weighted by Gasteiger charge is 2.11. The van der Waals surface area contributed by atoms with E-state index in [0.717, 1.165) is 22.4 Å². The lowest BCUT2D eigenvalue weighted by Gasteiger charge is -2.12. The van der Waals surface area contributed by atoms with Crippen molar-refractivity contribution in [2.75, 3.05) is 0 Å². The van der Waals surface area contributed by atoms with Crippen molar-refractivity contribution < 1.29 is 9.53 Å². The monoisotopic (exact) mass is 282 g/mol. The zero-order chi connectivity index (χ0) is 15.4. The standard InChI is InChI=1S/C19H22O2/c1-13(2)21-17-10-6-9-16(11-17)19(20)12-18-14(3)7-5-8-15(18)4/h5-11,13H,12H2,1-4H3. The molecule has 2 rings (SSSR count). The van der Waals surface area contributed by atoms with Gasteiger partial charge in [-0.25, -0.2) is 0 Å². The van der Waals surface area contributed by atoms with Gasteiger partial charge in [0.15, 0.2) is 5.78 Å². The third kappa shape index (κ3) is 3.94. The van der Waals surface area contributed by atoms with Crippen LogP contribution in [0, 0.1) is 13.8 Å². The summed E-state index contributed by atoms with van der Waals surface area (Å²) in [5.74, 6) is 0.874. The molecule has 2 aromatic rings. The predicted octanol–water partition coefficient (Wildman–Crippen LogP) is 4.52. The fourth-order valence-electron chi connectivity index (χ4n) is 2.41. The summed E-state index contributed by atoms with van der Waals surface area (Å²) < 4.78 is 5.65. The number of aryl methyl sites for hydroxylation is 2. The second kappa shape index (κ2) is 6.57. The SMILES string of the molecule is Cc1cccc(C)c1CC(=O)c1cccc(OC(C)C)c1. The molecule has 2 nitrogen and oxygen atoms in total. The van der Waals surface area contributed by atoms with Crippen LogP contribution in [0.3, 0.4) is 0 Å². The predicted molar refractivity (Wildman–Crippen MR) is 86.2 cm³/mol. The molecular formula is C19H22O2. The van der Waals surface area contributed by atoms with Crippen LogP contribution in [0.5, 0.6) is 5.75 Å². The molecule has 0 aliphatic carbocycles. The Morgan fingerprint density at radius 2 is 1.67 bits per heavy atom. The maximum Gasteiger partial charge on any atom is 0.167 e. The summed E-state index contributed by atoms with van der Waals surface area (Å²) in [7, 11) is 0. The van der Waals surface area contributed by atoms with Crippen molar-refractivity contribution in [2.45, 2.75) is 40.2 Å². The molecule has 0 heterocycles. The summed E-state index contributed by atoms with van der Waals surface area (Å²) in [5, 5.41) is 0. The molecule has 0 fully saturated rings. The van der Waals surface area contributed by atoms with E-state index in [1.165, 1.54) is 0 Å². The van der Waals surface area contributed by atoms with Gasteiger partial charge in [-0.15, -0.1) is 0 Å². The normalized spacial score (nSPS) is 10.7. The Kier molecular flexibility index (Phi) is 4.79. The van der Waals surface area contributed by atoms with Crippen LogP contribution in [-0.2, 0) is 6.42 Å². The minimum Gasteiger partial charge on any atom is -0.491 e. The Morgan fingerprint density at radius 1 is 1.05 bits per heavy atom. The van der Waals surface area contributed by atoms with Crippen LogP contribution in [0.2, 0.25) is 0 Å². The molecule has 0 N–H and O–H groups in total. The van der Waals surface area contributed by atoms with Gasteiger partial charge in [-0.05, 0) is 56.5 Å². The number of benzene rings is 2. The van der Waals surface area contributed by atoms with E-state index in [2.05, 4.69) is 0 Å². The van der Waals surface area contributed by atoms with Crippen LogP contribution in [-0.4, -0.2) is 11.9 Å². The molecular weight excluding hydrogens is 260 g/mol. The second-order valence-electron chi connectivity index (χ2n) is 5.66. The van der Waals surface area contributed by atoms with Crippen molar-refractivity contribution in [1.82, 2.24) is 0 Å². The lowest BCUT2D eigenvalue weighted by atomic mass is 9.95. The molecule has 0 aliphatic heterocycles. The van der Waals surface area contributed by atoms with Crippen LogP contribution in [0.4, 0.5) is 0 Å². The highest BCUT2D eigenvalue weighted by molar-refractivity contribution is 5.98. The van der Waals surface area contributed by atoms with Gasteiger partial charge in [-0.1, -0.05) is 30.3 Å². The van der Waals surface area contributed by atoms with Gasteiger partial charge in [0.2, 0.25) is 0 Å². The first kappa shape index (κ1) is 15.3. The molecule has 110 valence electrons. The van der Waals surface area contributed by atoms with Crippen LogP contribution < -0.4 is 4.74 Å². The first-order valence-corrected chi connectivity index (χ1v) is 7.32. The molecule has 0 aromatic heterocycles. The zero-order valence-corrected chi connectivity index (χ0v) is 13.1. The summed E-state index contributed by atoms with van der Waals surface area (Å²) in [5.41, 5.74) is 4.16. The molecule has 0 aliphatic rings. The molecule has 0 spiro atoms. The molecule has 0 saturated carbocycles. The van der Waals surface area contributed by atoms with Crippen LogP contribution in [0.1, 0.15) is 40.9 Å². The van der Waals surface area contributed by atoms with E-state index < -0.39 is 0 Å². The Bertz CT molecular complexity index is 622. The van der Waals surface area contributed by atoms with Crippen molar-refractivity contribution in [1.29, 1.82) is 0 Å². The van der Waals surface area contributed by atoms with E-state index in [1.54, 1.807) is 0 Å². The first-order chi connectivity index (χ1) is 9.97. The highest BCUT2D eigenvalue weighted by Crippen LogP contribution is 2.19. The fraction of sp³-hybridized carbons (Fsp3) is 0.316. The second-order valence-corrected chi connectivity index (χ2v) is 5.66. The molecule has 0 saturated heterocycles. The molecule has 0 radical (unpaired) electrons. The van der Waals surface area contributed by atoms with E-state index in [9.17, 15) is 4.79 Å². The van der Waals surface area contributed by atoms with Gasteiger partial charge < -0.3 is 4.74 Å². The van der Waals surface area contributed by atoms with Gasteiger partial charge in [0.1, 0.15) is 5.75 Å². The van der Waals surface area contributed by atoms with Crippen molar-refractivity contribution in [3.8, 4) is 5.75 Å². The van der Waals surface area contributed by atoms with Gasteiger partial charge >= 0.3 is 0 Å². The van der Waals surface area contributed by atoms with E-state index >= 15 is 0 Å². The number of hydrogen-bond donors (Lipinski definition) is 0. The molecule has 2 aromatic carbocycles. The first-order valence-electron chi connectivity index (χ1n) is 7.32. The largest absolute Gasteiger partial charge is 0.491 e. The molecule has 0 amide bonds. The van der Waals surface area contributed by atoms with Crippen LogP contribution >= 0.6 is 0 Å². The molecule has 0 unspecified atom stereocenters. The number of hydrogen-bond acceptors (Lipinski definition) is 2. The number of rotatable bonds is 5. The summed E-state index contributed by atoms with van der Waals surface area (Å²) in [6.07, 6.45) is 0.540. The van der Waals surface area contributed by atoms with E-state index in [0.29, 0.717) is 12.0 Å². The number of carbonyl (C=O) groups is 1. The van der Waals surface area contributed by atoms with E-state index in [4.69, 9.17) is 4.74 Å². The average Bonchev–Trinajstić information content (AvgIpc) is 2.42. The van der Waals surface area contributed by atoms with Crippen LogP contribution in [0.25, 0.3) is 0 Å². The summed E-state index contributed by atoms with van der Waals surface area (Å²) >= 11 is 0. The van der Waals surface area contributed by atoms with Crippen molar-refractivity contribution in [3.05, 3.63) is 64.7 Å². The van der Waals surface area contributed by atoms with Gasteiger partial charge in [0, 0.05) is 12.0 Å². The van der Waals surface area contributed by atoms with Crippen molar-refractivity contribution in [2.24, 2.45) is 0 Å². The topological polar surface area (TPSA) is 26.3 Å². The Morgan fingerprint density at radius 3 is 2.29 bits per heavy atom. The fourth-order valence-corrected chi connectivity index (χ4v) is 2.41. The highest BCUT2D eigenvalue weighted by atomic mass is 16.5. The third-order valence-electron chi connectivity index (χ3n) is 3.51. The molecule has 21 heavy (non-hydrogen) atoms. The minimum absolute atomic E-state index is 0.106. The summed E-state index contributed by atoms with van der Waals surface area (Å²) in [6, 6.07) is 13.6. The van der Waals surface area contributed by atoms with Crippen molar-refractivity contribution in [3.63, 3.8) is 0 Å². The summed E-state index contributed by atoms with van der Waals surface area (Å²) in [4.78, 5) is 12.5. The molecule has 0 bridgehead atoms. The zero-order valence-electron chi connectivity index (χ0n) is 13.1. The van der Waals surface area contributed by atoms with Gasteiger partial charge in [0.05, 0.1) is 6.10 Å². The van der Waals surface area contributed by atoms with Gasteiger partial charge in [0.25, 0.3) is 0 Å². The smallest absolute Gasteiger partial charge is 0.167 e. The quantitative estimate of drug-likeness (QED) is 0.754. The van der Waals surface area contributed by atoms with Gasteiger partial charge in [-0.3, -0.25) is 4.79 Å². The van der Waals surface area contributed by atoms with Crippen LogP contribution in [0.15, 0.2) is 42.5 Å². The number of Topliss-reactive ketones (excluding diaryl/α,β-unsaturated/α-hetero) is 1. The Balaban J connectivity index is 2.21. The lowest BCUT2D eigenvalue weighted by molar-refractivity contribution is 0.0992.